The Morgan fingerprint density at radius 3 is 1.25 bits per heavy atom. The molecular weight excluding hydrogens is 221 g/mol. The zero-order valence-corrected chi connectivity index (χ0v) is 6.20. The summed E-state index contributed by atoms with van der Waals surface area (Å²) < 4.78 is 0. The summed E-state index contributed by atoms with van der Waals surface area (Å²) in [5.41, 5.74) is 0. The van der Waals surface area contributed by atoms with E-state index < -0.39 is 0 Å². The summed E-state index contributed by atoms with van der Waals surface area (Å²) in [6.45, 7) is 0. The maximum atomic E-state index is 3.25. The molecule has 0 aliphatic rings. The summed E-state index contributed by atoms with van der Waals surface area (Å²) in [6.07, 6.45) is 0. The summed E-state index contributed by atoms with van der Waals surface area (Å²) in [5, 5.41) is 0. The molecule has 0 nitrogen and oxygen atoms in total. The van der Waals surface area contributed by atoms with Gasteiger partial charge in [0.05, 0.1) is 0 Å². The molecule has 1 radical (unpaired) electrons. The molecule has 4 heavy (non-hydrogen) atoms. The standard InChI is InChI=1S/Co.Fe.Ni.Ti. The molecule has 0 aromatic rings. The maximum absolute atomic E-state index is 3.25. The molecule has 0 amide bonds. The molecule has 0 N–H and O–H groups in total. The average Bonchev–Trinajstić information content (AvgIpc) is 1.00. The number of rotatable bonds is 0. The third-order valence-electron chi connectivity index (χ3n) is 0. The van der Waals surface area contributed by atoms with Crippen molar-refractivity contribution in [1.29, 1.82) is 0 Å². The van der Waals surface area contributed by atoms with Gasteiger partial charge in [-0.15, -0.1) is 0 Å². The van der Waals surface area contributed by atoms with E-state index in [0.29, 0.717) is 0 Å². The van der Waals surface area contributed by atoms with E-state index in [1.807, 2.05) is 0 Å². The third kappa shape index (κ3) is 8.87. The second-order valence-electron chi connectivity index (χ2n) is 0. The molecule has 0 aromatic carbocycles. The van der Waals surface area contributed by atoms with Crippen molar-refractivity contribution >= 4 is 0 Å². The first-order valence-electron chi connectivity index (χ1n) is 0.177. The molecule has 0 aliphatic heterocycles. The second kappa shape index (κ2) is 18.8. The van der Waals surface area contributed by atoms with Crippen LogP contribution in [0.5, 0.6) is 0 Å². The van der Waals surface area contributed by atoms with E-state index in [-0.39, 0.29) is 33.3 Å². The van der Waals surface area contributed by atoms with Crippen LogP contribution in [-0.4, -0.2) is 0 Å². The first-order valence-corrected chi connectivity index (χ1v) is 3.01. The fraction of sp³-hybridized carbons (Fsp3) is 0. The van der Waals surface area contributed by atoms with Gasteiger partial charge in [0.15, 0.2) is 0 Å². The predicted molar refractivity (Wildman–Crippen MR) is 0 cm³/mol. The SMILES string of the molecule is [Co].[Ni].[Ti][Fe]. The van der Waals surface area contributed by atoms with E-state index in [4.69, 9.17) is 0 Å². The monoisotopic (exact) mass is 221 g/mol. The van der Waals surface area contributed by atoms with Crippen molar-refractivity contribution in [3.63, 3.8) is 0 Å². The average molecular weight is 221 g/mol. The summed E-state index contributed by atoms with van der Waals surface area (Å²) in [4.78, 5) is 0. The molecular formula is CoFeNiTi. The predicted octanol–water partition coefficient (Wildman–Crippen LogP) is -0.0100. The Labute approximate surface area is 64.1 Å². The summed E-state index contributed by atoms with van der Waals surface area (Å²) >= 11 is 5.00. The van der Waals surface area contributed by atoms with Crippen LogP contribution < -0.4 is 0 Å². The Balaban J connectivity index is -0.00000000500. The van der Waals surface area contributed by atoms with Gasteiger partial charge in [-0.25, -0.2) is 0 Å². The third-order valence-corrected chi connectivity index (χ3v) is 0. The van der Waals surface area contributed by atoms with Crippen LogP contribution in [0.15, 0.2) is 0 Å². The zero-order valence-electron chi connectivity index (χ0n) is 1.50. The van der Waals surface area contributed by atoms with Crippen LogP contribution >= 0.6 is 0 Å². The Kier molecular flexibility index (Phi) is 76.8. The topological polar surface area (TPSA) is 0 Å². The molecule has 0 atom stereocenters. The van der Waals surface area contributed by atoms with Gasteiger partial charge in [0.2, 0.25) is 0 Å². The van der Waals surface area contributed by atoms with Crippen LogP contribution in [0.3, 0.4) is 0 Å². The van der Waals surface area contributed by atoms with E-state index >= 15 is 0 Å². The van der Waals surface area contributed by atoms with Crippen LogP contribution in [0.4, 0.5) is 0 Å². The molecule has 0 bridgehead atoms. The summed E-state index contributed by atoms with van der Waals surface area (Å²) in [7, 11) is 0. The molecule has 0 saturated carbocycles. The summed E-state index contributed by atoms with van der Waals surface area (Å²) in [5.74, 6) is 0. The molecule has 0 aliphatic carbocycles. The Morgan fingerprint density at radius 1 is 1.25 bits per heavy atom. The molecule has 4 heteroatoms. The van der Waals surface area contributed by atoms with E-state index in [1.54, 1.807) is 18.3 Å². The van der Waals surface area contributed by atoms with Crippen LogP contribution in [0.25, 0.3) is 0 Å². The van der Waals surface area contributed by atoms with Crippen molar-refractivity contribution in [2.75, 3.05) is 0 Å². The van der Waals surface area contributed by atoms with Crippen LogP contribution in [-0.2, 0) is 64.8 Å². The van der Waals surface area contributed by atoms with E-state index in [2.05, 4.69) is 13.2 Å². The van der Waals surface area contributed by atoms with Gasteiger partial charge in [0, 0.05) is 33.3 Å². The Bertz CT molecular complexity index is 8.00. The molecule has 0 spiro atoms. The van der Waals surface area contributed by atoms with Gasteiger partial charge in [-0.05, 0) is 0 Å². The van der Waals surface area contributed by atoms with Crippen LogP contribution in [0.1, 0.15) is 0 Å². The first-order chi connectivity index (χ1) is 1.00. The van der Waals surface area contributed by atoms with Crippen LogP contribution in [0.2, 0.25) is 0 Å². The molecule has 0 aromatic heterocycles. The normalized spacial score (nSPS) is 1.00. The van der Waals surface area contributed by atoms with E-state index in [0.717, 1.165) is 0 Å². The minimum absolute atomic E-state index is 0. The fourth-order valence-electron chi connectivity index (χ4n) is 0. The van der Waals surface area contributed by atoms with Crippen molar-refractivity contribution in [3.8, 4) is 0 Å². The Morgan fingerprint density at radius 2 is 1.25 bits per heavy atom. The summed E-state index contributed by atoms with van der Waals surface area (Å²) in [6, 6.07) is 0. The second-order valence-corrected chi connectivity index (χ2v) is 0. The fourth-order valence-corrected chi connectivity index (χ4v) is 0. The van der Waals surface area contributed by atoms with Crippen molar-refractivity contribution in [2.45, 2.75) is 0 Å². The number of hydrogen-bond acceptors (Lipinski definition) is 0. The molecule has 0 heterocycles. The molecule has 31 valence electrons. The van der Waals surface area contributed by atoms with Gasteiger partial charge in [-0.3, -0.25) is 0 Å². The molecule has 0 saturated heterocycles. The Hall–Kier alpha value is 2.23. The molecule has 0 unspecified atom stereocenters. The van der Waals surface area contributed by atoms with E-state index in [9.17, 15) is 0 Å². The van der Waals surface area contributed by atoms with Gasteiger partial charge in [-0.1, -0.05) is 0 Å². The van der Waals surface area contributed by atoms with Crippen molar-refractivity contribution in [3.05, 3.63) is 0 Å². The van der Waals surface area contributed by atoms with Crippen molar-refractivity contribution in [2.24, 2.45) is 0 Å². The zero-order chi connectivity index (χ0) is 2.00. The van der Waals surface area contributed by atoms with Crippen LogP contribution in [0, 0.1) is 0 Å². The quantitative estimate of drug-likeness (QED) is 0.505. The van der Waals surface area contributed by atoms with Crippen molar-refractivity contribution in [1.82, 2.24) is 0 Å². The van der Waals surface area contributed by atoms with Gasteiger partial charge < -0.3 is 0 Å². The van der Waals surface area contributed by atoms with Gasteiger partial charge >= 0.3 is 31.6 Å². The van der Waals surface area contributed by atoms with E-state index in [1.165, 1.54) is 0 Å². The van der Waals surface area contributed by atoms with Gasteiger partial charge in [0.25, 0.3) is 0 Å². The minimum atomic E-state index is 0. The molecule has 0 fully saturated rings. The first kappa shape index (κ1) is 16.3. The van der Waals surface area contributed by atoms with Gasteiger partial charge in [-0.2, -0.15) is 0 Å². The molecule has 0 rings (SSSR count). The van der Waals surface area contributed by atoms with Crippen molar-refractivity contribution < 1.29 is 64.8 Å². The van der Waals surface area contributed by atoms with Gasteiger partial charge in [0.1, 0.15) is 0 Å². The number of hydrogen-bond donors (Lipinski definition) is 0.